The molecule has 1 aromatic heterocycles. The van der Waals surface area contributed by atoms with Crippen molar-refractivity contribution in [2.75, 3.05) is 5.73 Å². The van der Waals surface area contributed by atoms with Crippen LogP contribution in [0, 0.1) is 0 Å². The van der Waals surface area contributed by atoms with E-state index in [0.29, 0.717) is 5.95 Å². The molecule has 3 N–H and O–H groups in total. The van der Waals surface area contributed by atoms with Crippen molar-refractivity contribution in [2.45, 2.75) is 0 Å². The number of aromatic amines is 1. The van der Waals surface area contributed by atoms with Gasteiger partial charge in [0.25, 0.3) is 0 Å². The Morgan fingerprint density at radius 3 is 2.60 bits per heavy atom. The standard InChI is InChI=1S/C15H12BrN3.Na.H/c16-9-12(10-4-2-1-3-5-10)11-6-7-13-14(8-11)19-15(17)18-13;;/h1-9H,(H3,17,18,19);;/q;+1;-1/b12-9+;;. The van der Waals surface area contributed by atoms with E-state index in [-0.39, 0.29) is 31.0 Å². The second kappa shape index (κ2) is 6.59. The molecule has 0 unspecified atom stereocenters. The molecule has 96 valence electrons. The molecular weight excluding hydrogens is 325 g/mol. The third kappa shape index (κ3) is 2.99. The molecule has 0 radical (unpaired) electrons. The molecular formula is C15H13BrN3Na. The van der Waals surface area contributed by atoms with Gasteiger partial charge in [0.2, 0.25) is 0 Å². The van der Waals surface area contributed by atoms with Crippen LogP contribution < -0.4 is 35.3 Å². The van der Waals surface area contributed by atoms with Crippen LogP contribution in [0.15, 0.2) is 53.5 Å². The molecule has 1 heterocycles. The first-order valence-corrected chi connectivity index (χ1v) is 6.81. The quantitative estimate of drug-likeness (QED) is 0.687. The number of H-pyrrole nitrogens is 1. The average molecular weight is 338 g/mol. The van der Waals surface area contributed by atoms with Gasteiger partial charge < -0.3 is 12.1 Å². The molecule has 0 spiro atoms. The molecule has 0 saturated carbocycles. The third-order valence-corrected chi connectivity index (χ3v) is 3.46. The zero-order valence-electron chi connectivity index (χ0n) is 12.1. The number of benzene rings is 2. The summed E-state index contributed by atoms with van der Waals surface area (Å²) in [6, 6.07) is 16.3. The Morgan fingerprint density at radius 1 is 1.15 bits per heavy atom. The summed E-state index contributed by atoms with van der Waals surface area (Å²) in [4.78, 5) is 9.19. The van der Waals surface area contributed by atoms with Gasteiger partial charge in [-0.1, -0.05) is 52.3 Å². The molecule has 0 aliphatic carbocycles. The molecule has 0 atom stereocenters. The second-order valence-electron chi connectivity index (χ2n) is 4.24. The summed E-state index contributed by atoms with van der Waals surface area (Å²) in [5.74, 6) is 0.441. The topological polar surface area (TPSA) is 54.7 Å². The van der Waals surface area contributed by atoms with Gasteiger partial charge in [-0.3, -0.25) is 0 Å². The van der Waals surface area contributed by atoms with Crippen molar-refractivity contribution in [3.05, 3.63) is 64.6 Å². The molecule has 3 rings (SSSR count). The molecule has 0 aliphatic rings. The summed E-state index contributed by atoms with van der Waals surface area (Å²) in [6.07, 6.45) is 0. The molecule has 5 heteroatoms. The van der Waals surface area contributed by atoms with Gasteiger partial charge in [0.05, 0.1) is 11.0 Å². The fraction of sp³-hybridized carbons (Fsp3) is 0. The first kappa shape index (κ1) is 15.3. The Balaban J connectivity index is 0.00000110. The zero-order chi connectivity index (χ0) is 13.2. The summed E-state index contributed by atoms with van der Waals surface area (Å²) >= 11 is 3.45. The molecule has 0 amide bonds. The van der Waals surface area contributed by atoms with E-state index in [0.717, 1.165) is 27.7 Å². The van der Waals surface area contributed by atoms with Gasteiger partial charge in [0.15, 0.2) is 5.95 Å². The molecule has 0 bridgehead atoms. The molecule has 3 aromatic rings. The van der Waals surface area contributed by atoms with Crippen molar-refractivity contribution in [3.63, 3.8) is 0 Å². The maximum atomic E-state index is 5.67. The molecule has 0 aliphatic heterocycles. The minimum Gasteiger partial charge on any atom is -1.00 e. The largest absolute Gasteiger partial charge is 1.00 e. The van der Waals surface area contributed by atoms with Crippen LogP contribution in [0.5, 0.6) is 0 Å². The van der Waals surface area contributed by atoms with Crippen LogP contribution in [0.2, 0.25) is 0 Å². The van der Waals surface area contributed by atoms with Gasteiger partial charge in [0, 0.05) is 0 Å². The number of halogens is 1. The molecule has 0 saturated heterocycles. The number of hydrogen-bond acceptors (Lipinski definition) is 2. The fourth-order valence-electron chi connectivity index (χ4n) is 2.11. The van der Waals surface area contributed by atoms with Crippen molar-refractivity contribution in [3.8, 4) is 0 Å². The SMILES string of the molecule is Nc1nc2ccc(/C(=C/Br)c3ccccc3)cc2[nH]1.[H-].[Na+]. The number of nitrogens with two attached hydrogens (primary N) is 1. The van der Waals surface area contributed by atoms with Gasteiger partial charge in [0.1, 0.15) is 0 Å². The van der Waals surface area contributed by atoms with E-state index < -0.39 is 0 Å². The second-order valence-corrected chi connectivity index (χ2v) is 4.70. The zero-order valence-corrected chi connectivity index (χ0v) is 14.7. The monoisotopic (exact) mass is 337 g/mol. The number of anilines is 1. The molecule has 20 heavy (non-hydrogen) atoms. The van der Waals surface area contributed by atoms with Crippen molar-refractivity contribution in [1.29, 1.82) is 0 Å². The van der Waals surface area contributed by atoms with E-state index in [1.54, 1.807) is 0 Å². The number of imidazole rings is 1. The Bertz CT molecular complexity index is 756. The minimum atomic E-state index is 0. The first-order valence-electron chi connectivity index (χ1n) is 5.89. The maximum absolute atomic E-state index is 5.67. The van der Waals surface area contributed by atoms with Gasteiger partial charge >= 0.3 is 29.6 Å². The smallest absolute Gasteiger partial charge is 1.00 e. The van der Waals surface area contributed by atoms with E-state index in [1.165, 1.54) is 0 Å². The summed E-state index contributed by atoms with van der Waals surface area (Å²) in [5.41, 5.74) is 10.9. The average Bonchev–Trinajstić information content (AvgIpc) is 2.80. The van der Waals surface area contributed by atoms with Crippen molar-refractivity contribution in [2.24, 2.45) is 0 Å². The summed E-state index contributed by atoms with van der Waals surface area (Å²) in [6.45, 7) is 0. The Labute approximate surface area is 149 Å². The predicted molar refractivity (Wildman–Crippen MR) is 84.1 cm³/mol. The first-order chi connectivity index (χ1) is 9.28. The van der Waals surface area contributed by atoms with Crippen molar-refractivity contribution < 1.29 is 31.0 Å². The third-order valence-electron chi connectivity index (χ3n) is 3.01. The van der Waals surface area contributed by atoms with Crippen LogP contribution in [0.25, 0.3) is 16.6 Å². The van der Waals surface area contributed by atoms with Crippen LogP contribution in [0.3, 0.4) is 0 Å². The van der Waals surface area contributed by atoms with Gasteiger partial charge in [-0.05, 0) is 33.8 Å². The van der Waals surface area contributed by atoms with E-state index in [1.807, 2.05) is 35.3 Å². The molecule has 0 fully saturated rings. The number of nitrogen functional groups attached to an aromatic ring is 1. The number of rotatable bonds is 2. The Hall–Kier alpha value is -1.07. The van der Waals surface area contributed by atoms with Crippen LogP contribution in [0.1, 0.15) is 12.6 Å². The number of nitrogens with one attached hydrogen (secondary N) is 1. The number of nitrogens with zero attached hydrogens (tertiary/aromatic N) is 1. The van der Waals surface area contributed by atoms with Crippen LogP contribution in [-0.4, -0.2) is 9.97 Å². The van der Waals surface area contributed by atoms with Crippen molar-refractivity contribution >= 4 is 38.5 Å². The fourth-order valence-corrected chi connectivity index (χ4v) is 2.64. The maximum Gasteiger partial charge on any atom is 1.00 e. The van der Waals surface area contributed by atoms with Gasteiger partial charge in [-0.15, -0.1) is 0 Å². The number of aromatic nitrogens is 2. The van der Waals surface area contributed by atoms with E-state index >= 15 is 0 Å². The van der Waals surface area contributed by atoms with Crippen molar-refractivity contribution in [1.82, 2.24) is 9.97 Å². The summed E-state index contributed by atoms with van der Waals surface area (Å²) < 4.78 is 0. The van der Waals surface area contributed by atoms with Crippen LogP contribution in [0.4, 0.5) is 5.95 Å². The predicted octanol–water partition coefficient (Wildman–Crippen LogP) is 1.05. The van der Waals surface area contributed by atoms with Crippen LogP contribution in [-0.2, 0) is 0 Å². The normalized spacial score (nSPS) is 11.3. The number of hydrogen-bond donors (Lipinski definition) is 2. The summed E-state index contributed by atoms with van der Waals surface area (Å²) in [7, 11) is 0. The van der Waals surface area contributed by atoms with Gasteiger partial charge in [-0.2, -0.15) is 0 Å². The Kier molecular flexibility index (Phi) is 5.05. The van der Waals surface area contributed by atoms with Crippen LogP contribution >= 0.6 is 15.9 Å². The van der Waals surface area contributed by atoms with E-state index in [9.17, 15) is 0 Å². The minimum absolute atomic E-state index is 0. The van der Waals surface area contributed by atoms with E-state index in [4.69, 9.17) is 5.73 Å². The molecule has 3 nitrogen and oxygen atoms in total. The van der Waals surface area contributed by atoms with E-state index in [2.05, 4.69) is 44.1 Å². The number of fused-ring (bicyclic) bond motifs is 1. The molecule has 2 aromatic carbocycles. The van der Waals surface area contributed by atoms with Gasteiger partial charge in [-0.25, -0.2) is 4.98 Å². The summed E-state index contributed by atoms with van der Waals surface area (Å²) in [5, 5.41) is 0. The Morgan fingerprint density at radius 2 is 1.90 bits per heavy atom.